The van der Waals surface area contributed by atoms with E-state index >= 15 is 0 Å². The molecule has 1 unspecified atom stereocenters. The van der Waals surface area contributed by atoms with E-state index in [1.54, 1.807) is 12.3 Å². The minimum absolute atomic E-state index is 0.0292. The number of hydrogen-bond donors (Lipinski definition) is 1. The highest BCUT2D eigenvalue weighted by molar-refractivity contribution is 5.90. The van der Waals surface area contributed by atoms with Gasteiger partial charge in [0.2, 0.25) is 5.91 Å². The number of aryl methyl sites for hydroxylation is 1. The van der Waals surface area contributed by atoms with Crippen molar-refractivity contribution in [1.82, 2.24) is 25.1 Å². The third kappa shape index (κ3) is 5.04. The number of halogens is 6. The maximum atomic E-state index is 13.1. The number of hydrogen-bond acceptors (Lipinski definition) is 4. The summed E-state index contributed by atoms with van der Waals surface area (Å²) in [5.41, 5.74) is -1.56. The zero-order valence-electron chi connectivity index (χ0n) is 16.7. The van der Waals surface area contributed by atoms with E-state index in [1.807, 2.05) is 6.07 Å². The van der Waals surface area contributed by atoms with Gasteiger partial charge in [0.25, 0.3) is 0 Å². The van der Waals surface area contributed by atoms with Gasteiger partial charge in [-0.1, -0.05) is 6.07 Å². The van der Waals surface area contributed by atoms with Gasteiger partial charge in [0.05, 0.1) is 17.2 Å². The van der Waals surface area contributed by atoms with Gasteiger partial charge in [-0.3, -0.25) is 9.78 Å². The lowest BCUT2D eigenvalue weighted by atomic mass is 10.0. The van der Waals surface area contributed by atoms with Crippen LogP contribution in [0, 0.1) is 0 Å². The highest BCUT2D eigenvalue weighted by Crippen LogP contribution is 2.38. The van der Waals surface area contributed by atoms with Gasteiger partial charge in [-0.05, 0) is 42.7 Å². The van der Waals surface area contributed by atoms with Gasteiger partial charge in [0, 0.05) is 29.7 Å². The Hall–Kier alpha value is -3.70. The largest absolute Gasteiger partial charge is 0.416 e. The number of alkyl halides is 6. The number of carbonyl (C=O) groups excluding carboxylic acids is 1. The second-order valence-electron chi connectivity index (χ2n) is 7.30. The van der Waals surface area contributed by atoms with Gasteiger partial charge in [0.1, 0.15) is 6.33 Å². The summed E-state index contributed by atoms with van der Waals surface area (Å²) in [5.74, 6) is -0.806. The molecule has 0 bridgehead atoms. The van der Waals surface area contributed by atoms with Gasteiger partial charge in [-0.25, -0.2) is 9.67 Å². The van der Waals surface area contributed by atoms with Crippen LogP contribution in [-0.4, -0.2) is 25.7 Å². The number of fused-ring (bicyclic) bond motifs is 1. The lowest BCUT2D eigenvalue weighted by Gasteiger charge is -2.13. The highest BCUT2D eigenvalue weighted by atomic mass is 19.4. The van der Waals surface area contributed by atoms with Gasteiger partial charge >= 0.3 is 12.4 Å². The molecule has 2 aromatic heterocycles. The van der Waals surface area contributed by atoms with Crippen molar-refractivity contribution >= 4 is 12.1 Å². The quantitative estimate of drug-likeness (QED) is 0.448. The van der Waals surface area contributed by atoms with Gasteiger partial charge in [-0.2, -0.15) is 26.3 Å². The van der Waals surface area contributed by atoms with Gasteiger partial charge < -0.3 is 5.32 Å². The molecule has 2 heterocycles. The zero-order chi connectivity index (χ0) is 23.8. The fraction of sp³-hybridized carbons (Fsp3) is 0.238. The summed E-state index contributed by atoms with van der Waals surface area (Å²) in [4.78, 5) is 20.3. The van der Waals surface area contributed by atoms with Crippen molar-refractivity contribution in [3.8, 4) is 11.4 Å². The molecular weight excluding hydrogens is 452 g/mol. The molecule has 0 radical (unpaired) electrons. The number of aromatic nitrogens is 4. The summed E-state index contributed by atoms with van der Waals surface area (Å²) in [6.45, 7) is 0. The second kappa shape index (κ2) is 8.34. The number of nitrogens with one attached hydrogen (secondary N) is 1. The van der Waals surface area contributed by atoms with E-state index in [1.165, 1.54) is 6.20 Å². The smallest absolute Gasteiger partial charge is 0.346 e. The van der Waals surface area contributed by atoms with E-state index in [0.717, 1.165) is 34.8 Å². The van der Waals surface area contributed by atoms with Crippen LogP contribution in [0.3, 0.4) is 0 Å². The maximum Gasteiger partial charge on any atom is 0.416 e. The molecule has 0 saturated carbocycles. The molecule has 33 heavy (non-hydrogen) atoms. The first-order chi connectivity index (χ1) is 15.5. The van der Waals surface area contributed by atoms with Crippen molar-refractivity contribution in [2.45, 2.75) is 31.2 Å². The number of benzene rings is 1. The van der Waals surface area contributed by atoms with Gasteiger partial charge in [-0.15, -0.1) is 5.10 Å². The molecule has 1 atom stereocenters. The molecule has 6 nitrogen and oxygen atoms in total. The van der Waals surface area contributed by atoms with Crippen molar-refractivity contribution in [3.05, 3.63) is 71.3 Å². The highest BCUT2D eigenvalue weighted by Gasteiger charge is 2.37. The van der Waals surface area contributed by atoms with E-state index in [-0.39, 0.29) is 17.9 Å². The first-order valence-electron chi connectivity index (χ1n) is 9.64. The van der Waals surface area contributed by atoms with Crippen LogP contribution in [0.1, 0.15) is 34.8 Å². The van der Waals surface area contributed by atoms with Crippen LogP contribution in [-0.2, 0) is 23.6 Å². The number of carbonyl (C=O) groups is 1. The molecule has 1 aliphatic carbocycles. The first kappa shape index (κ1) is 22.5. The molecule has 0 spiro atoms. The lowest BCUT2D eigenvalue weighted by molar-refractivity contribution is -0.143. The third-order valence-corrected chi connectivity index (χ3v) is 5.02. The Kier molecular flexibility index (Phi) is 5.68. The predicted octanol–water partition coefficient (Wildman–Crippen LogP) is 4.65. The average molecular weight is 467 g/mol. The summed E-state index contributed by atoms with van der Waals surface area (Å²) in [6.07, 6.45) is -3.46. The zero-order valence-corrected chi connectivity index (χ0v) is 16.7. The lowest BCUT2D eigenvalue weighted by Crippen LogP contribution is -2.25. The fourth-order valence-electron chi connectivity index (χ4n) is 3.49. The molecule has 1 N–H and O–H groups in total. The molecule has 1 aromatic carbocycles. The van der Waals surface area contributed by atoms with Crippen LogP contribution in [0.5, 0.6) is 0 Å². The Bertz CT molecular complexity index is 1180. The molecule has 3 aromatic rings. The van der Waals surface area contributed by atoms with E-state index in [2.05, 4.69) is 20.4 Å². The van der Waals surface area contributed by atoms with Gasteiger partial charge in [0.15, 0.2) is 5.82 Å². The number of nitrogens with zero attached hydrogens (tertiary/aromatic N) is 4. The minimum Gasteiger partial charge on any atom is -0.346 e. The Morgan fingerprint density at radius 2 is 1.76 bits per heavy atom. The molecule has 4 rings (SSSR count). The van der Waals surface area contributed by atoms with E-state index in [4.69, 9.17) is 0 Å². The van der Waals surface area contributed by atoms with Crippen LogP contribution in [0.4, 0.5) is 26.3 Å². The first-order valence-corrected chi connectivity index (χ1v) is 9.64. The van der Waals surface area contributed by atoms with Crippen molar-refractivity contribution in [2.75, 3.05) is 0 Å². The molecule has 0 fully saturated rings. The number of amides is 1. The normalized spacial score (nSPS) is 16.2. The molecule has 1 aliphatic rings. The number of rotatable bonds is 4. The predicted molar refractivity (Wildman–Crippen MR) is 104 cm³/mol. The SMILES string of the molecule is O=C(C=Cn1cnc(-c2cc(C(F)(F)F)cc(C(F)(F)F)c2)n1)NC1CCc2ncccc21. The number of pyridine rings is 1. The Morgan fingerprint density at radius 3 is 2.42 bits per heavy atom. The molecule has 12 heteroatoms. The summed E-state index contributed by atoms with van der Waals surface area (Å²) < 4.78 is 79.3. The monoisotopic (exact) mass is 467 g/mol. The van der Waals surface area contributed by atoms with Crippen LogP contribution in [0.25, 0.3) is 17.6 Å². The van der Waals surface area contributed by atoms with Crippen molar-refractivity contribution in [1.29, 1.82) is 0 Å². The van der Waals surface area contributed by atoms with Crippen LogP contribution < -0.4 is 5.32 Å². The summed E-state index contributed by atoms with van der Waals surface area (Å²) in [7, 11) is 0. The standard InChI is InChI=1S/C21H15F6N5O/c22-20(23,24)13-8-12(9-14(10-13)21(25,26)27)19-29-11-32(31-19)7-5-18(33)30-17-4-3-16-15(17)2-1-6-28-16/h1-2,5-11,17H,3-4H2,(H,30,33). The molecular formula is C21H15F6N5O. The topological polar surface area (TPSA) is 72.7 Å². The van der Waals surface area contributed by atoms with E-state index in [0.29, 0.717) is 18.6 Å². The molecule has 0 aliphatic heterocycles. The van der Waals surface area contributed by atoms with Crippen LogP contribution >= 0.6 is 0 Å². The van der Waals surface area contributed by atoms with E-state index in [9.17, 15) is 31.1 Å². The molecule has 0 saturated heterocycles. The maximum absolute atomic E-state index is 13.1. The summed E-state index contributed by atoms with van der Waals surface area (Å²) in [5, 5.41) is 6.68. The van der Waals surface area contributed by atoms with Crippen molar-refractivity contribution in [3.63, 3.8) is 0 Å². The summed E-state index contributed by atoms with van der Waals surface area (Å²) >= 11 is 0. The van der Waals surface area contributed by atoms with Crippen molar-refractivity contribution < 1.29 is 31.1 Å². The Morgan fingerprint density at radius 1 is 1.06 bits per heavy atom. The third-order valence-electron chi connectivity index (χ3n) is 5.02. The van der Waals surface area contributed by atoms with Crippen LogP contribution in [0.2, 0.25) is 0 Å². The Labute approximate surface area is 183 Å². The molecule has 1 amide bonds. The summed E-state index contributed by atoms with van der Waals surface area (Å²) in [6, 6.07) is 4.55. The second-order valence-corrected chi connectivity index (χ2v) is 7.30. The van der Waals surface area contributed by atoms with E-state index < -0.39 is 35.0 Å². The minimum atomic E-state index is -4.98. The fourth-order valence-corrected chi connectivity index (χ4v) is 3.49. The van der Waals surface area contributed by atoms with Crippen LogP contribution in [0.15, 0.2) is 48.9 Å². The Balaban J connectivity index is 1.51. The van der Waals surface area contributed by atoms with Crippen molar-refractivity contribution in [2.24, 2.45) is 0 Å². The molecule has 172 valence electrons. The average Bonchev–Trinajstić information content (AvgIpc) is 3.38.